The van der Waals surface area contributed by atoms with Crippen LogP contribution in [0, 0.1) is 11.6 Å². The number of halogens is 2. The van der Waals surface area contributed by atoms with Gasteiger partial charge in [-0.2, -0.15) is 4.39 Å². The Morgan fingerprint density at radius 1 is 1.25 bits per heavy atom. The number of nitrogens with one attached hydrogen (secondary N) is 1. The molecule has 4 heteroatoms. The van der Waals surface area contributed by atoms with Gasteiger partial charge in [-0.25, -0.2) is 4.39 Å². The molecule has 0 saturated heterocycles. The van der Waals surface area contributed by atoms with Crippen LogP contribution in [-0.2, 0) is 0 Å². The van der Waals surface area contributed by atoms with Crippen LogP contribution in [0.3, 0.4) is 0 Å². The third kappa shape index (κ3) is 3.69. The molecule has 1 aliphatic carbocycles. The Balaban J connectivity index is 1.99. The highest BCUT2D eigenvalue weighted by molar-refractivity contribution is 5.26. The molecule has 1 aliphatic rings. The second-order valence-electron chi connectivity index (χ2n) is 6.62. The zero-order valence-corrected chi connectivity index (χ0v) is 12.4. The second kappa shape index (κ2) is 5.68. The summed E-state index contributed by atoms with van der Waals surface area (Å²) in [6, 6.07) is 4.08. The van der Waals surface area contributed by atoms with Gasteiger partial charge in [0.05, 0.1) is 0 Å². The molecule has 0 bridgehead atoms. The zero-order valence-electron chi connectivity index (χ0n) is 12.4. The Morgan fingerprint density at radius 2 is 1.95 bits per heavy atom. The van der Waals surface area contributed by atoms with Gasteiger partial charge in [0, 0.05) is 5.54 Å². The lowest BCUT2D eigenvalue weighted by Crippen LogP contribution is -2.47. The quantitative estimate of drug-likeness (QED) is 0.880. The summed E-state index contributed by atoms with van der Waals surface area (Å²) in [5, 5.41) is 3.41. The summed E-state index contributed by atoms with van der Waals surface area (Å²) >= 11 is 0. The number of ether oxygens (including phenoxy) is 1. The number of rotatable bonds is 5. The van der Waals surface area contributed by atoms with Crippen molar-refractivity contribution in [3.05, 3.63) is 29.8 Å². The molecule has 0 aliphatic heterocycles. The first-order chi connectivity index (χ1) is 9.31. The van der Waals surface area contributed by atoms with Gasteiger partial charge in [0.1, 0.15) is 5.60 Å². The minimum atomic E-state index is -0.887. The van der Waals surface area contributed by atoms with Crippen molar-refractivity contribution in [1.82, 2.24) is 5.32 Å². The lowest BCUT2D eigenvalue weighted by molar-refractivity contribution is -0.0185. The van der Waals surface area contributed by atoms with Crippen LogP contribution in [-0.4, -0.2) is 17.7 Å². The van der Waals surface area contributed by atoms with Crippen LogP contribution in [0.5, 0.6) is 5.75 Å². The van der Waals surface area contributed by atoms with Gasteiger partial charge >= 0.3 is 0 Å². The van der Waals surface area contributed by atoms with Crippen molar-refractivity contribution in [2.24, 2.45) is 0 Å². The van der Waals surface area contributed by atoms with E-state index in [-0.39, 0.29) is 16.9 Å². The molecule has 1 aromatic carbocycles. The first-order valence-electron chi connectivity index (χ1n) is 7.19. The van der Waals surface area contributed by atoms with Crippen molar-refractivity contribution < 1.29 is 13.5 Å². The van der Waals surface area contributed by atoms with E-state index in [0.717, 1.165) is 38.3 Å². The van der Waals surface area contributed by atoms with Crippen LogP contribution in [0.1, 0.15) is 46.5 Å². The Kier molecular flexibility index (Phi) is 4.33. The SMILES string of the molecule is CC(C)(C)NCCC1(Oc2cccc(F)c2F)CCC1. The molecule has 1 saturated carbocycles. The molecular formula is C16H23F2NO. The van der Waals surface area contributed by atoms with E-state index in [4.69, 9.17) is 4.74 Å². The summed E-state index contributed by atoms with van der Waals surface area (Å²) in [5.74, 6) is -1.71. The Morgan fingerprint density at radius 3 is 2.50 bits per heavy atom. The van der Waals surface area contributed by atoms with Crippen LogP contribution in [0.15, 0.2) is 18.2 Å². The molecule has 1 fully saturated rings. The molecule has 0 unspecified atom stereocenters. The van der Waals surface area contributed by atoms with E-state index >= 15 is 0 Å². The zero-order chi connectivity index (χ0) is 14.8. The van der Waals surface area contributed by atoms with Crippen LogP contribution in [0.25, 0.3) is 0 Å². The first kappa shape index (κ1) is 15.2. The molecule has 0 radical (unpaired) electrons. The molecule has 112 valence electrons. The predicted molar refractivity (Wildman–Crippen MR) is 75.9 cm³/mol. The van der Waals surface area contributed by atoms with Crippen LogP contribution >= 0.6 is 0 Å². The highest BCUT2D eigenvalue weighted by Crippen LogP contribution is 2.40. The standard InChI is InChI=1S/C16H23F2NO/c1-15(2,3)19-11-10-16(8-5-9-16)20-13-7-4-6-12(17)14(13)18/h4,6-7,19H,5,8-11H2,1-3H3. The summed E-state index contributed by atoms with van der Waals surface area (Å²) in [6.45, 7) is 7.12. The topological polar surface area (TPSA) is 21.3 Å². The lowest BCUT2D eigenvalue weighted by atomic mass is 9.77. The lowest BCUT2D eigenvalue weighted by Gasteiger charge is -2.42. The van der Waals surface area contributed by atoms with E-state index < -0.39 is 11.6 Å². The summed E-state index contributed by atoms with van der Waals surface area (Å²) in [7, 11) is 0. The fourth-order valence-electron chi connectivity index (χ4n) is 2.44. The van der Waals surface area contributed by atoms with E-state index in [1.165, 1.54) is 12.1 Å². The number of hydrogen-bond acceptors (Lipinski definition) is 2. The van der Waals surface area contributed by atoms with Crippen molar-refractivity contribution in [3.63, 3.8) is 0 Å². The first-order valence-corrected chi connectivity index (χ1v) is 7.19. The Bertz CT molecular complexity index is 464. The van der Waals surface area contributed by atoms with Gasteiger partial charge in [-0.3, -0.25) is 0 Å². The molecule has 1 N–H and O–H groups in total. The van der Waals surface area contributed by atoms with E-state index in [2.05, 4.69) is 26.1 Å². The molecule has 2 rings (SSSR count). The average Bonchev–Trinajstić information content (AvgIpc) is 2.30. The fraction of sp³-hybridized carbons (Fsp3) is 0.625. The number of hydrogen-bond donors (Lipinski definition) is 1. The van der Waals surface area contributed by atoms with Gasteiger partial charge in [-0.05, 0) is 65.1 Å². The third-order valence-electron chi connectivity index (χ3n) is 3.74. The Labute approximate surface area is 119 Å². The maximum Gasteiger partial charge on any atom is 0.200 e. The maximum absolute atomic E-state index is 13.7. The van der Waals surface area contributed by atoms with Crippen molar-refractivity contribution >= 4 is 0 Å². The molecule has 0 heterocycles. The monoisotopic (exact) mass is 283 g/mol. The minimum absolute atomic E-state index is 0.0282. The van der Waals surface area contributed by atoms with E-state index in [9.17, 15) is 8.78 Å². The van der Waals surface area contributed by atoms with Gasteiger partial charge in [0.2, 0.25) is 5.82 Å². The predicted octanol–water partition coefficient (Wildman–Crippen LogP) is 4.04. The normalized spacial score (nSPS) is 17.6. The highest BCUT2D eigenvalue weighted by Gasteiger charge is 2.39. The second-order valence-corrected chi connectivity index (χ2v) is 6.62. The molecule has 0 aromatic heterocycles. The summed E-state index contributed by atoms with van der Waals surface area (Å²) in [5.41, 5.74) is -0.290. The van der Waals surface area contributed by atoms with Gasteiger partial charge in [0.15, 0.2) is 11.6 Å². The molecule has 20 heavy (non-hydrogen) atoms. The van der Waals surface area contributed by atoms with Crippen LogP contribution in [0.4, 0.5) is 8.78 Å². The smallest absolute Gasteiger partial charge is 0.200 e. The van der Waals surface area contributed by atoms with E-state index in [1.807, 2.05) is 0 Å². The number of benzene rings is 1. The molecule has 0 amide bonds. The van der Waals surface area contributed by atoms with Crippen molar-refractivity contribution in [3.8, 4) is 5.75 Å². The molecule has 1 aromatic rings. The van der Waals surface area contributed by atoms with Gasteiger partial charge < -0.3 is 10.1 Å². The van der Waals surface area contributed by atoms with Gasteiger partial charge in [0.25, 0.3) is 0 Å². The maximum atomic E-state index is 13.7. The van der Waals surface area contributed by atoms with Crippen molar-refractivity contribution in [2.45, 2.75) is 57.6 Å². The van der Waals surface area contributed by atoms with Gasteiger partial charge in [-0.15, -0.1) is 0 Å². The molecule has 0 atom stereocenters. The van der Waals surface area contributed by atoms with Crippen LogP contribution < -0.4 is 10.1 Å². The summed E-state index contributed by atoms with van der Waals surface area (Å²) in [4.78, 5) is 0. The third-order valence-corrected chi connectivity index (χ3v) is 3.74. The van der Waals surface area contributed by atoms with Crippen molar-refractivity contribution in [1.29, 1.82) is 0 Å². The largest absolute Gasteiger partial charge is 0.484 e. The van der Waals surface area contributed by atoms with E-state index in [0.29, 0.717) is 0 Å². The fourth-order valence-corrected chi connectivity index (χ4v) is 2.44. The van der Waals surface area contributed by atoms with Gasteiger partial charge in [-0.1, -0.05) is 6.07 Å². The average molecular weight is 283 g/mol. The molecular weight excluding hydrogens is 260 g/mol. The minimum Gasteiger partial charge on any atom is -0.484 e. The summed E-state index contributed by atoms with van der Waals surface area (Å²) in [6.07, 6.45) is 3.68. The molecule has 2 nitrogen and oxygen atoms in total. The Hall–Kier alpha value is -1.16. The molecule has 0 spiro atoms. The summed E-state index contributed by atoms with van der Waals surface area (Å²) < 4.78 is 32.7. The highest BCUT2D eigenvalue weighted by atomic mass is 19.2. The van der Waals surface area contributed by atoms with Crippen molar-refractivity contribution in [2.75, 3.05) is 6.54 Å². The van der Waals surface area contributed by atoms with Crippen LogP contribution in [0.2, 0.25) is 0 Å². The van der Waals surface area contributed by atoms with E-state index in [1.54, 1.807) is 0 Å².